The number of H-pyrrole nitrogens is 1. The number of pyridine rings is 1. The van der Waals surface area contributed by atoms with Crippen LogP contribution >= 0.6 is 0 Å². The van der Waals surface area contributed by atoms with Crippen molar-refractivity contribution >= 4 is 10.9 Å². The van der Waals surface area contributed by atoms with Crippen LogP contribution in [0.15, 0.2) is 53.3 Å². The maximum absolute atomic E-state index is 11.9. The van der Waals surface area contributed by atoms with Gasteiger partial charge in [-0.25, -0.2) is 0 Å². The fourth-order valence-electron chi connectivity index (χ4n) is 3.04. The van der Waals surface area contributed by atoms with E-state index in [9.17, 15) is 10.1 Å². The summed E-state index contributed by atoms with van der Waals surface area (Å²) in [5.41, 5.74) is 3.27. The molecule has 1 aromatic heterocycles. The molecule has 122 valence electrons. The second-order valence-electron chi connectivity index (χ2n) is 6.55. The van der Waals surface area contributed by atoms with Gasteiger partial charge in [0.2, 0.25) is 0 Å². The first kappa shape index (κ1) is 16.6. The van der Waals surface area contributed by atoms with E-state index < -0.39 is 5.41 Å². The molecule has 3 nitrogen and oxygen atoms in total. The number of benzene rings is 2. The van der Waals surface area contributed by atoms with Crippen LogP contribution in [0.4, 0.5) is 0 Å². The fourth-order valence-corrected chi connectivity index (χ4v) is 3.04. The van der Waals surface area contributed by atoms with E-state index >= 15 is 0 Å². The molecule has 3 aromatic rings. The van der Waals surface area contributed by atoms with Gasteiger partial charge in [0, 0.05) is 16.6 Å². The lowest BCUT2D eigenvalue weighted by atomic mass is 9.78. The Morgan fingerprint density at radius 2 is 2.00 bits per heavy atom. The number of fused-ring (bicyclic) bond motifs is 1. The molecule has 3 rings (SSSR count). The SMILES string of the molecule is C#Cc1cccc(C[C@@](C)(C#N)c2ccc3cc(C)c(=O)[nH]c3c2)c1. The number of nitrogens with zero attached hydrogens (tertiary/aromatic N) is 1. The lowest BCUT2D eigenvalue weighted by molar-refractivity contribution is 0.607. The van der Waals surface area contributed by atoms with E-state index in [1.54, 1.807) is 6.92 Å². The van der Waals surface area contributed by atoms with Crippen molar-refractivity contribution in [1.82, 2.24) is 4.98 Å². The number of aryl methyl sites for hydroxylation is 1. The average molecular weight is 326 g/mol. The molecule has 0 bridgehead atoms. The first-order valence-electron chi connectivity index (χ1n) is 8.06. The normalized spacial score (nSPS) is 13.0. The molecule has 0 aliphatic carbocycles. The lowest BCUT2D eigenvalue weighted by Gasteiger charge is -2.23. The summed E-state index contributed by atoms with van der Waals surface area (Å²) in [6, 6.07) is 17.8. The molecule has 0 amide bonds. The van der Waals surface area contributed by atoms with E-state index in [2.05, 4.69) is 17.0 Å². The fraction of sp³-hybridized carbons (Fsp3) is 0.182. The van der Waals surface area contributed by atoms with Gasteiger partial charge in [-0.3, -0.25) is 4.79 Å². The first-order valence-corrected chi connectivity index (χ1v) is 8.06. The minimum atomic E-state index is -0.719. The van der Waals surface area contributed by atoms with Gasteiger partial charge in [0.15, 0.2) is 0 Å². The molecule has 0 aliphatic rings. The van der Waals surface area contributed by atoms with Crippen molar-refractivity contribution < 1.29 is 0 Å². The summed E-state index contributed by atoms with van der Waals surface area (Å²) in [6.07, 6.45) is 6.01. The molecule has 0 saturated heterocycles. The Hall–Kier alpha value is -3.30. The van der Waals surface area contributed by atoms with Crippen molar-refractivity contribution in [2.24, 2.45) is 0 Å². The number of rotatable bonds is 3. The molecule has 0 aliphatic heterocycles. The molecule has 1 heterocycles. The summed E-state index contributed by atoms with van der Waals surface area (Å²) >= 11 is 0. The van der Waals surface area contributed by atoms with Crippen molar-refractivity contribution in [2.45, 2.75) is 25.7 Å². The van der Waals surface area contributed by atoms with Gasteiger partial charge in [-0.05, 0) is 61.0 Å². The monoisotopic (exact) mass is 326 g/mol. The summed E-state index contributed by atoms with van der Waals surface area (Å²) in [4.78, 5) is 14.8. The van der Waals surface area contributed by atoms with Crippen molar-refractivity contribution in [1.29, 1.82) is 5.26 Å². The standard InChI is InChI=1S/C22H18N2O/c1-4-16-6-5-7-17(11-16)13-22(3,14-23)19-9-8-18-10-15(2)21(25)24-20(18)12-19/h1,5-12H,13H2,2-3H3,(H,24,25)/t22-/m0/s1. The largest absolute Gasteiger partial charge is 0.322 e. The van der Waals surface area contributed by atoms with E-state index in [1.165, 1.54) is 0 Å². The van der Waals surface area contributed by atoms with Crippen molar-refractivity contribution in [3.05, 3.63) is 81.1 Å². The minimum absolute atomic E-state index is 0.106. The molecular weight excluding hydrogens is 308 g/mol. The smallest absolute Gasteiger partial charge is 0.251 e. The molecule has 1 N–H and O–H groups in total. The van der Waals surface area contributed by atoms with Gasteiger partial charge in [-0.15, -0.1) is 6.42 Å². The zero-order chi connectivity index (χ0) is 18.0. The van der Waals surface area contributed by atoms with Crippen LogP contribution in [0.1, 0.15) is 29.2 Å². The number of hydrogen-bond acceptors (Lipinski definition) is 2. The number of aromatic nitrogens is 1. The Labute approximate surface area is 146 Å². The maximum Gasteiger partial charge on any atom is 0.251 e. The summed E-state index contributed by atoms with van der Waals surface area (Å²) in [5.74, 6) is 2.62. The summed E-state index contributed by atoms with van der Waals surface area (Å²) < 4.78 is 0. The van der Waals surface area contributed by atoms with Gasteiger partial charge in [0.05, 0.1) is 11.5 Å². The summed E-state index contributed by atoms with van der Waals surface area (Å²) in [7, 11) is 0. The predicted molar refractivity (Wildman–Crippen MR) is 100 cm³/mol. The number of hydrogen-bond donors (Lipinski definition) is 1. The van der Waals surface area contributed by atoms with E-state index in [1.807, 2.05) is 55.5 Å². The Balaban J connectivity index is 2.06. The second-order valence-corrected chi connectivity index (χ2v) is 6.55. The summed E-state index contributed by atoms with van der Waals surface area (Å²) in [5, 5.41) is 10.8. The van der Waals surface area contributed by atoms with Gasteiger partial charge >= 0.3 is 0 Å². The van der Waals surface area contributed by atoms with Gasteiger partial charge in [-0.2, -0.15) is 5.26 Å². The minimum Gasteiger partial charge on any atom is -0.322 e. The topological polar surface area (TPSA) is 56.6 Å². The van der Waals surface area contributed by atoms with Crippen LogP contribution in [0.2, 0.25) is 0 Å². The number of terminal acetylenes is 1. The maximum atomic E-state index is 11.9. The van der Waals surface area contributed by atoms with Gasteiger partial charge in [0.1, 0.15) is 0 Å². The van der Waals surface area contributed by atoms with Crippen LogP contribution in [-0.4, -0.2) is 4.98 Å². The Kier molecular flexibility index (Phi) is 4.17. The van der Waals surface area contributed by atoms with E-state index in [4.69, 9.17) is 6.42 Å². The molecule has 25 heavy (non-hydrogen) atoms. The predicted octanol–water partition coefficient (Wildman–Crippen LogP) is 3.84. The van der Waals surface area contributed by atoms with Crippen LogP contribution in [0.25, 0.3) is 10.9 Å². The number of nitriles is 1. The zero-order valence-corrected chi connectivity index (χ0v) is 14.3. The zero-order valence-electron chi connectivity index (χ0n) is 14.3. The quantitative estimate of drug-likeness (QED) is 0.743. The molecular formula is C22H18N2O. The highest BCUT2D eigenvalue weighted by atomic mass is 16.1. The third-order valence-corrected chi connectivity index (χ3v) is 4.57. The van der Waals surface area contributed by atoms with Crippen LogP contribution in [0, 0.1) is 30.6 Å². The van der Waals surface area contributed by atoms with E-state index in [0.717, 1.165) is 27.6 Å². The van der Waals surface area contributed by atoms with Crippen LogP contribution in [-0.2, 0) is 11.8 Å². The molecule has 1 atom stereocenters. The van der Waals surface area contributed by atoms with Crippen molar-refractivity contribution in [3.8, 4) is 18.4 Å². The lowest BCUT2D eigenvalue weighted by Crippen LogP contribution is -2.23. The highest BCUT2D eigenvalue weighted by molar-refractivity contribution is 5.80. The molecule has 3 heteroatoms. The number of aromatic amines is 1. The Bertz CT molecular complexity index is 1100. The molecule has 2 aromatic carbocycles. The molecule has 0 fully saturated rings. The van der Waals surface area contributed by atoms with E-state index in [0.29, 0.717) is 12.0 Å². The van der Waals surface area contributed by atoms with E-state index in [-0.39, 0.29) is 5.56 Å². The molecule has 0 unspecified atom stereocenters. The molecule has 0 saturated carbocycles. The van der Waals surface area contributed by atoms with Crippen molar-refractivity contribution in [3.63, 3.8) is 0 Å². The molecule has 0 spiro atoms. The third kappa shape index (κ3) is 3.18. The van der Waals surface area contributed by atoms with Crippen molar-refractivity contribution in [2.75, 3.05) is 0 Å². The second kappa shape index (κ2) is 6.30. The van der Waals surface area contributed by atoms with Gasteiger partial charge in [-0.1, -0.05) is 30.2 Å². The van der Waals surface area contributed by atoms with Gasteiger partial charge < -0.3 is 4.98 Å². The van der Waals surface area contributed by atoms with Crippen LogP contribution in [0.5, 0.6) is 0 Å². The summed E-state index contributed by atoms with van der Waals surface area (Å²) in [6.45, 7) is 3.69. The average Bonchev–Trinajstić information content (AvgIpc) is 2.62. The van der Waals surface area contributed by atoms with Gasteiger partial charge in [0.25, 0.3) is 5.56 Å². The Morgan fingerprint density at radius 1 is 1.20 bits per heavy atom. The first-order chi connectivity index (χ1) is 11.9. The highest BCUT2D eigenvalue weighted by Gasteiger charge is 2.27. The third-order valence-electron chi connectivity index (χ3n) is 4.57. The Morgan fingerprint density at radius 3 is 2.72 bits per heavy atom. The molecule has 0 radical (unpaired) electrons. The number of nitrogens with one attached hydrogen (secondary N) is 1. The highest BCUT2D eigenvalue weighted by Crippen LogP contribution is 2.30. The van der Waals surface area contributed by atoms with Crippen LogP contribution < -0.4 is 5.56 Å². The van der Waals surface area contributed by atoms with Crippen LogP contribution in [0.3, 0.4) is 0 Å².